The van der Waals surface area contributed by atoms with Gasteiger partial charge in [0.2, 0.25) is 0 Å². The highest BCUT2D eigenvalue weighted by Crippen LogP contribution is 2.35. The molecule has 0 aromatic heterocycles. The minimum Gasteiger partial charge on any atom is -0.493 e. The van der Waals surface area contributed by atoms with Crippen molar-refractivity contribution in [2.45, 2.75) is 4.90 Å². The first-order chi connectivity index (χ1) is 10.5. The van der Waals surface area contributed by atoms with Gasteiger partial charge in [-0.2, -0.15) is 8.42 Å². The van der Waals surface area contributed by atoms with Crippen LogP contribution in [0.2, 0.25) is 0 Å². The zero-order valence-electron chi connectivity index (χ0n) is 11.4. The van der Waals surface area contributed by atoms with Gasteiger partial charge in [0.25, 0.3) is 0 Å². The summed E-state index contributed by atoms with van der Waals surface area (Å²) < 4.78 is 35.4. The quantitative estimate of drug-likeness (QED) is 0.258. The van der Waals surface area contributed by atoms with Crippen molar-refractivity contribution < 1.29 is 22.5 Å². The average Bonchev–Trinajstić information content (AvgIpc) is 2.51. The third kappa shape index (κ3) is 3.69. The minimum absolute atomic E-state index is 0.0499. The van der Waals surface area contributed by atoms with Crippen LogP contribution >= 0.6 is 22.6 Å². The second kappa shape index (κ2) is 6.97. The predicted octanol–water partition coefficient (Wildman–Crippen LogP) is 2.88. The molecule has 0 radical (unpaired) electrons. The Bertz CT molecular complexity index is 790. The standard InChI is InChI=1S/C14H12INO5S/c1-20-13-8-10(9-16-17)7-12(15)14(13)21-22(18,19)11-5-3-2-4-6-11/h2-9,17H,1H3/b16-9-. The Kier molecular flexibility index (Phi) is 5.24. The number of methoxy groups -OCH3 is 1. The maximum absolute atomic E-state index is 12.3. The van der Waals surface area contributed by atoms with E-state index in [1.807, 2.05) is 22.6 Å². The summed E-state index contributed by atoms with van der Waals surface area (Å²) in [6.07, 6.45) is 1.21. The first kappa shape index (κ1) is 16.6. The van der Waals surface area contributed by atoms with Crippen molar-refractivity contribution in [3.63, 3.8) is 0 Å². The molecule has 0 saturated carbocycles. The van der Waals surface area contributed by atoms with Crippen LogP contribution in [0.1, 0.15) is 5.56 Å². The van der Waals surface area contributed by atoms with Crippen molar-refractivity contribution in [3.05, 3.63) is 51.6 Å². The van der Waals surface area contributed by atoms with Crippen LogP contribution in [0.25, 0.3) is 0 Å². The van der Waals surface area contributed by atoms with Crippen molar-refractivity contribution in [1.82, 2.24) is 0 Å². The molecule has 116 valence electrons. The summed E-state index contributed by atoms with van der Waals surface area (Å²) in [7, 11) is -2.57. The second-order valence-corrected chi connectivity index (χ2v) is 6.84. The van der Waals surface area contributed by atoms with Crippen molar-refractivity contribution >= 4 is 38.9 Å². The number of ether oxygens (including phenoxy) is 1. The first-order valence-electron chi connectivity index (χ1n) is 6.02. The maximum Gasteiger partial charge on any atom is 0.339 e. The Morgan fingerprint density at radius 3 is 2.50 bits per heavy atom. The highest BCUT2D eigenvalue weighted by molar-refractivity contribution is 14.1. The maximum atomic E-state index is 12.3. The van der Waals surface area contributed by atoms with E-state index < -0.39 is 10.1 Å². The van der Waals surface area contributed by atoms with Gasteiger partial charge in [-0.25, -0.2) is 0 Å². The molecule has 8 heteroatoms. The lowest BCUT2D eigenvalue weighted by Gasteiger charge is -2.13. The summed E-state index contributed by atoms with van der Waals surface area (Å²) in [6, 6.07) is 10.9. The smallest absolute Gasteiger partial charge is 0.339 e. The molecule has 0 aliphatic carbocycles. The summed E-state index contributed by atoms with van der Waals surface area (Å²) in [6.45, 7) is 0. The first-order valence-corrected chi connectivity index (χ1v) is 8.51. The fourth-order valence-electron chi connectivity index (χ4n) is 1.71. The van der Waals surface area contributed by atoms with Gasteiger partial charge in [0.1, 0.15) is 4.90 Å². The molecule has 6 nitrogen and oxygen atoms in total. The number of hydrogen-bond acceptors (Lipinski definition) is 6. The lowest BCUT2D eigenvalue weighted by atomic mass is 10.2. The summed E-state index contributed by atoms with van der Waals surface area (Å²) in [5.41, 5.74) is 0.549. The molecule has 2 aromatic rings. The van der Waals surface area contributed by atoms with Gasteiger partial charge in [0, 0.05) is 5.56 Å². The Morgan fingerprint density at radius 2 is 1.91 bits per heavy atom. The zero-order valence-corrected chi connectivity index (χ0v) is 14.4. The third-order valence-corrected chi connectivity index (χ3v) is 4.72. The van der Waals surface area contributed by atoms with Crippen LogP contribution in [0.15, 0.2) is 52.5 Å². The minimum atomic E-state index is -3.96. The van der Waals surface area contributed by atoms with Crippen molar-refractivity contribution in [2.75, 3.05) is 7.11 Å². The van der Waals surface area contributed by atoms with Crippen LogP contribution in [0.4, 0.5) is 0 Å². The lowest BCUT2D eigenvalue weighted by molar-refractivity contribution is 0.322. The molecule has 0 spiro atoms. The normalized spacial score (nSPS) is 11.5. The number of rotatable bonds is 5. The van der Waals surface area contributed by atoms with Gasteiger partial charge in [0.15, 0.2) is 11.5 Å². The molecule has 2 rings (SSSR count). The van der Waals surface area contributed by atoms with Crippen molar-refractivity contribution in [2.24, 2.45) is 5.16 Å². The van der Waals surface area contributed by atoms with Crippen molar-refractivity contribution in [1.29, 1.82) is 0 Å². The Labute approximate surface area is 141 Å². The number of hydrogen-bond donors (Lipinski definition) is 1. The van der Waals surface area contributed by atoms with E-state index in [4.69, 9.17) is 14.1 Å². The molecule has 0 saturated heterocycles. The highest BCUT2D eigenvalue weighted by atomic mass is 127. The van der Waals surface area contributed by atoms with Crippen LogP contribution in [0.5, 0.6) is 11.5 Å². The number of oxime groups is 1. The molecule has 22 heavy (non-hydrogen) atoms. The summed E-state index contributed by atoms with van der Waals surface area (Å²) in [5, 5.41) is 11.5. The molecular formula is C14H12INO5S. The van der Waals surface area contributed by atoms with Gasteiger partial charge in [-0.05, 0) is 46.9 Å². The molecule has 0 aliphatic rings. The SMILES string of the molecule is COc1cc(/C=N\O)cc(I)c1OS(=O)(=O)c1ccccc1. The van der Waals surface area contributed by atoms with Gasteiger partial charge in [-0.3, -0.25) is 0 Å². The number of halogens is 1. The summed E-state index contributed by atoms with van der Waals surface area (Å²) >= 11 is 1.92. The molecule has 0 heterocycles. The van der Waals surface area contributed by atoms with Gasteiger partial charge in [-0.15, -0.1) is 0 Å². The fraction of sp³-hybridized carbons (Fsp3) is 0.0714. The second-order valence-electron chi connectivity index (χ2n) is 4.13. The fourth-order valence-corrected chi connectivity index (χ4v) is 3.57. The van der Waals surface area contributed by atoms with E-state index >= 15 is 0 Å². The van der Waals surface area contributed by atoms with E-state index in [2.05, 4.69) is 5.16 Å². The van der Waals surface area contributed by atoms with Crippen molar-refractivity contribution in [3.8, 4) is 11.5 Å². The summed E-state index contributed by atoms with van der Waals surface area (Å²) in [4.78, 5) is 0.0499. The van der Waals surface area contributed by atoms with Gasteiger partial charge < -0.3 is 14.1 Å². The number of nitrogens with zero attached hydrogens (tertiary/aromatic N) is 1. The van der Waals surface area contributed by atoms with Crippen LogP contribution in [0, 0.1) is 3.57 Å². The molecule has 0 atom stereocenters. The molecule has 0 aliphatic heterocycles. The predicted molar refractivity (Wildman–Crippen MR) is 89.3 cm³/mol. The molecular weight excluding hydrogens is 421 g/mol. The average molecular weight is 433 g/mol. The van der Waals surface area contributed by atoms with Crippen LogP contribution in [-0.2, 0) is 10.1 Å². The number of benzene rings is 2. The molecule has 0 amide bonds. The highest BCUT2D eigenvalue weighted by Gasteiger charge is 2.21. The van der Waals surface area contributed by atoms with E-state index in [0.717, 1.165) is 0 Å². The van der Waals surface area contributed by atoms with E-state index in [-0.39, 0.29) is 16.4 Å². The topological polar surface area (TPSA) is 85.2 Å². The Balaban J connectivity index is 2.45. The molecule has 0 bridgehead atoms. The largest absolute Gasteiger partial charge is 0.493 e. The van der Waals surface area contributed by atoms with Crippen LogP contribution in [0.3, 0.4) is 0 Å². The van der Waals surface area contributed by atoms with E-state index in [1.165, 1.54) is 31.5 Å². The molecule has 0 unspecified atom stereocenters. The lowest BCUT2D eigenvalue weighted by Crippen LogP contribution is -2.11. The van der Waals surface area contributed by atoms with Gasteiger partial charge in [-0.1, -0.05) is 23.4 Å². The third-order valence-electron chi connectivity index (χ3n) is 2.68. The zero-order chi connectivity index (χ0) is 16.2. The van der Waals surface area contributed by atoms with Gasteiger partial charge >= 0.3 is 10.1 Å². The molecule has 0 fully saturated rings. The Hall–Kier alpha value is -1.81. The monoisotopic (exact) mass is 433 g/mol. The van der Waals surface area contributed by atoms with Crippen LogP contribution in [-0.4, -0.2) is 26.9 Å². The van der Waals surface area contributed by atoms with E-state index in [9.17, 15) is 8.42 Å². The molecule has 1 N–H and O–H groups in total. The van der Waals surface area contributed by atoms with E-state index in [1.54, 1.807) is 24.3 Å². The molecule has 2 aromatic carbocycles. The van der Waals surface area contributed by atoms with Crippen LogP contribution < -0.4 is 8.92 Å². The summed E-state index contributed by atoms with van der Waals surface area (Å²) in [5.74, 6) is 0.309. The Morgan fingerprint density at radius 1 is 1.23 bits per heavy atom. The van der Waals surface area contributed by atoms with E-state index in [0.29, 0.717) is 9.13 Å². The van der Waals surface area contributed by atoms with Gasteiger partial charge in [0.05, 0.1) is 16.9 Å².